The number of aromatic hydroxyl groups is 1. The molecule has 1 aromatic rings. The average molecular weight is 427 g/mol. The first-order valence-electron chi connectivity index (χ1n) is 12.5. The van der Waals surface area contributed by atoms with E-state index in [1.54, 1.807) is 6.07 Å². The van der Waals surface area contributed by atoms with Crippen LogP contribution in [0.2, 0.25) is 0 Å². The smallest absolute Gasteiger partial charge is 0.247 e. The van der Waals surface area contributed by atoms with Gasteiger partial charge in [-0.05, 0) is 94.2 Å². The Bertz CT molecular complexity index is 783. The molecular weight excluding hydrogens is 384 g/mol. The fourth-order valence-corrected chi connectivity index (χ4v) is 5.53. The van der Waals surface area contributed by atoms with Crippen molar-refractivity contribution in [3.8, 4) is 5.75 Å². The Hall–Kier alpha value is -1.81. The van der Waals surface area contributed by atoms with Crippen molar-refractivity contribution in [3.63, 3.8) is 0 Å². The van der Waals surface area contributed by atoms with Crippen LogP contribution >= 0.6 is 0 Å². The van der Waals surface area contributed by atoms with Gasteiger partial charge in [0.2, 0.25) is 5.91 Å². The van der Waals surface area contributed by atoms with Gasteiger partial charge in [0.25, 0.3) is 0 Å². The van der Waals surface area contributed by atoms with Gasteiger partial charge in [0.05, 0.1) is 0 Å². The van der Waals surface area contributed by atoms with Crippen LogP contribution in [0.1, 0.15) is 90.2 Å². The van der Waals surface area contributed by atoms with Gasteiger partial charge < -0.3 is 10.4 Å². The average Bonchev–Trinajstić information content (AvgIpc) is 2.89. The van der Waals surface area contributed by atoms with Crippen LogP contribution in [-0.2, 0) is 11.2 Å². The van der Waals surface area contributed by atoms with Gasteiger partial charge in [-0.1, -0.05) is 38.7 Å². The summed E-state index contributed by atoms with van der Waals surface area (Å²) in [5.74, 6) is 0.858. The van der Waals surface area contributed by atoms with Gasteiger partial charge in [0.15, 0.2) is 0 Å². The van der Waals surface area contributed by atoms with Crippen molar-refractivity contribution in [1.82, 2.24) is 10.2 Å². The number of carbonyl (C=O) groups excluding carboxylic acids is 1. The maximum absolute atomic E-state index is 13.2. The minimum atomic E-state index is 0.108. The molecule has 0 fully saturated rings. The zero-order chi connectivity index (χ0) is 22.4. The maximum atomic E-state index is 13.2. The minimum Gasteiger partial charge on any atom is -0.508 e. The molecule has 0 aromatic heterocycles. The summed E-state index contributed by atoms with van der Waals surface area (Å²) in [4.78, 5) is 15.7. The molecule has 0 saturated carbocycles. The van der Waals surface area contributed by atoms with E-state index >= 15 is 0 Å². The summed E-state index contributed by atoms with van der Waals surface area (Å²) >= 11 is 0. The lowest BCUT2D eigenvalue weighted by molar-refractivity contribution is -0.117. The molecular formula is C27H42N2O2. The molecule has 0 radical (unpaired) electrons. The van der Waals surface area contributed by atoms with E-state index in [2.05, 4.69) is 37.9 Å². The first-order valence-corrected chi connectivity index (χ1v) is 12.5. The molecule has 172 valence electrons. The van der Waals surface area contributed by atoms with E-state index in [-0.39, 0.29) is 5.91 Å². The van der Waals surface area contributed by atoms with E-state index in [1.165, 1.54) is 48.8 Å². The van der Waals surface area contributed by atoms with Crippen molar-refractivity contribution in [2.75, 3.05) is 13.1 Å². The highest BCUT2D eigenvalue weighted by atomic mass is 16.3. The van der Waals surface area contributed by atoms with Gasteiger partial charge in [0, 0.05) is 24.2 Å². The number of nitrogens with one attached hydrogen (secondary N) is 1. The molecule has 1 heterocycles. The highest BCUT2D eigenvalue weighted by Crippen LogP contribution is 2.42. The normalized spacial score (nSPS) is 19.8. The second-order valence-electron chi connectivity index (χ2n) is 9.81. The summed E-state index contributed by atoms with van der Waals surface area (Å²) in [5, 5.41) is 13.1. The highest BCUT2D eigenvalue weighted by molar-refractivity contribution is 6.02. The van der Waals surface area contributed by atoms with Crippen LogP contribution in [-0.4, -0.2) is 41.1 Å². The number of hydrogen-bond donors (Lipinski definition) is 2. The van der Waals surface area contributed by atoms with E-state index in [4.69, 9.17) is 0 Å². The van der Waals surface area contributed by atoms with Crippen molar-refractivity contribution >= 4 is 11.5 Å². The number of phenolic OH excluding ortho intramolecular Hbond substituents is 1. The number of phenols is 1. The third-order valence-corrected chi connectivity index (χ3v) is 7.18. The standard InChI is InChI=1S/C27H42N2O2/c1-5-6-7-8-9-16-29(19(2)3)20(4)17-25-26-21(14-15-28-27(25)31)10-11-22-18-23(30)12-13-24(22)26/h12-13,18-21,30H,5-11,14-17H2,1-4H3,(H,28,31). The number of hydrogen-bond acceptors (Lipinski definition) is 3. The Morgan fingerprint density at radius 3 is 2.65 bits per heavy atom. The summed E-state index contributed by atoms with van der Waals surface area (Å²) in [6.45, 7) is 10.9. The van der Waals surface area contributed by atoms with Crippen LogP contribution < -0.4 is 5.32 Å². The maximum Gasteiger partial charge on any atom is 0.247 e. The molecule has 2 aliphatic rings. The van der Waals surface area contributed by atoms with Crippen molar-refractivity contribution in [1.29, 1.82) is 0 Å². The van der Waals surface area contributed by atoms with Crippen LogP contribution in [0, 0.1) is 5.92 Å². The number of fused-ring (bicyclic) bond motifs is 3. The van der Waals surface area contributed by atoms with E-state index in [1.807, 2.05) is 12.1 Å². The molecule has 3 rings (SSSR count). The molecule has 1 aromatic carbocycles. The molecule has 0 saturated heterocycles. The fourth-order valence-electron chi connectivity index (χ4n) is 5.53. The third kappa shape index (κ3) is 5.91. The molecule has 2 N–H and O–H groups in total. The van der Waals surface area contributed by atoms with Gasteiger partial charge in [0.1, 0.15) is 5.75 Å². The van der Waals surface area contributed by atoms with Gasteiger partial charge in [-0.3, -0.25) is 9.69 Å². The third-order valence-electron chi connectivity index (χ3n) is 7.18. The van der Waals surface area contributed by atoms with Crippen molar-refractivity contribution < 1.29 is 9.90 Å². The molecule has 4 nitrogen and oxygen atoms in total. The molecule has 4 heteroatoms. The summed E-state index contributed by atoms with van der Waals surface area (Å²) in [6, 6.07) is 6.48. The van der Waals surface area contributed by atoms with Crippen LogP contribution in [0.5, 0.6) is 5.75 Å². The molecule has 1 amide bonds. The summed E-state index contributed by atoms with van der Waals surface area (Å²) in [5.41, 5.74) is 4.58. The number of rotatable bonds is 10. The Morgan fingerprint density at radius 2 is 1.90 bits per heavy atom. The Morgan fingerprint density at radius 1 is 1.13 bits per heavy atom. The van der Waals surface area contributed by atoms with Crippen LogP contribution in [0.4, 0.5) is 0 Å². The highest BCUT2D eigenvalue weighted by Gasteiger charge is 2.33. The van der Waals surface area contributed by atoms with Gasteiger partial charge in [-0.2, -0.15) is 0 Å². The van der Waals surface area contributed by atoms with E-state index < -0.39 is 0 Å². The second-order valence-corrected chi connectivity index (χ2v) is 9.81. The molecule has 31 heavy (non-hydrogen) atoms. The number of carbonyl (C=O) groups is 1. The number of amides is 1. The van der Waals surface area contributed by atoms with E-state index in [0.717, 1.165) is 44.3 Å². The number of nitrogens with zero attached hydrogens (tertiary/aromatic N) is 1. The summed E-state index contributed by atoms with van der Waals surface area (Å²) < 4.78 is 0. The first kappa shape index (κ1) is 23.8. The van der Waals surface area contributed by atoms with Crippen molar-refractivity contribution in [3.05, 3.63) is 34.9 Å². The van der Waals surface area contributed by atoms with Crippen LogP contribution in [0.15, 0.2) is 23.8 Å². The van der Waals surface area contributed by atoms with E-state index in [9.17, 15) is 9.90 Å². The molecule has 0 bridgehead atoms. The monoisotopic (exact) mass is 426 g/mol. The Kier molecular flexibility index (Phi) is 8.59. The molecule has 1 aliphatic carbocycles. The van der Waals surface area contributed by atoms with E-state index in [0.29, 0.717) is 23.8 Å². The first-order chi connectivity index (χ1) is 14.9. The minimum absolute atomic E-state index is 0.108. The van der Waals surface area contributed by atoms with Gasteiger partial charge in [-0.25, -0.2) is 0 Å². The summed E-state index contributed by atoms with van der Waals surface area (Å²) in [7, 11) is 0. The summed E-state index contributed by atoms with van der Waals surface area (Å²) in [6.07, 6.45) is 10.3. The predicted octanol–water partition coefficient (Wildman–Crippen LogP) is 5.69. The number of allylic oxidation sites excluding steroid dienone is 1. The zero-order valence-corrected chi connectivity index (χ0v) is 20.0. The SMILES string of the molecule is CCCCCCCN(C(C)C)C(C)CC1=C2c3ccc(O)cc3CCC2CCNC1=O. The molecule has 1 aliphatic heterocycles. The lowest BCUT2D eigenvalue weighted by Crippen LogP contribution is -2.40. The Balaban J connectivity index is 1.85. The van der Waals surface area contributed by atoms with Crippen molar-refractivity contribution in [2.24, 2.45) is 5.92 Å². The molecule has 2 unspecified atom stereocenters. The lowest BCUT2D eigenvalue weighted by Gasteiger charge is -2.34. The van der Waals surface area contributed by atoms with Crippen LogP contribution in [0.3, 0.4) is 0 Å². The second kappa shape index (κ2) is 11.2. The number of aryl methyl sites for hydroxylation is 1. The largest absolute Gasteiger partial charge is 0.508 e. The van der Waals surface area contributed by atoms with Crippen molar-refractivity contribution in [2.45, 2.75) is 97.6 Å². The Labute approximate surface area is 189 Å². The van der Waals surface area contributed by atoms with Crippen LogP contribution in [0.25, 0.3) is 5.57 Å². The fraction of sp³-hybridized carbons (Fsp3) is 0.667. The zero-order valence-electron chi connectivity index (χ0n) is 20.0. The molecule has 0 spiro atoms. The lowest BCUT2D eigenvalue weighted by atomic mass is 9.75. The number of unbranched alkanes of at least 4 members (excludes halogenated alkanes) is 4. The molecule has 2 atom stereocenters. The predicted molar refractivity (Wildman–Crippen MR) is 129 cm³/mol. The number of benzene rings is 1. The van der Waals surface area contributed by atoms with Gasteiger partial charge in [-0.15, -0.1) is 0 Å². The quantitative estimate of drug-likeness (QED) is 0.473. The van der Waals surface area contributed by atoms with Gasteiger partial charge >= 0.3 is 0 Å². The topological polar surface area (TPSA) is 52.6 Å².